The second-order valence-corrected chi connectivity index (χ2v) is 21.3. The lowest BCUT2D eigenvalue weighted by Gasteiger charge is -2.18. The molecule has 0 saturated carbocycles. The lowest BCUT2D eigenvalue weighted by Crippen LogP contribution is -2.30. The fourth-order valence-corrected chi connectivity index (χ4v) is 9.27. The summed E-state index contributed by atoms with van der Waals surface area (Å²) in [4.78, 5) is 37.9. The molecule has 0 saturated heterocycles. The summed E-state index contributed by atoms with van der Waals surface area (Å²) >= 11 is 0. The third kappa shape index (κ3) is 58.3. The van der Waals surface area contributed by atoms with Crippen LogP contribution in [0.5, 0.6) is 0 Å². The van der Waals surface area contributed by atoms with Gasteiger partial charge in [0.1, 0.15) is 13.2 Å². The molecule has 0 heterocycles. The van der Waals surface area contributed by atoms with Crippen LogP contribution in [0, 0.1) is 0 Å². The molecule has 0 aliphatic carbocycles. The number of hydrogen-bond donors (Lipinski definition) is 0. The van der Waals surface area contributed by atoms with Crippen molar-refractivity contribution in [3.05, 3.63) is 48.6 Å². The van der Waals surface area contributed by atoms with Crippen molar-refractivity contribution in [2.45, 2.75) is 341 Å². The lowest BCUT2D eigenvalue weighted by atomic mass is 10.0. The first-order valence-corrected chi connectivity index (χ1v) is 31.6. The van der Waals surface area contributed by atoms with Gasteiger partial charge >= 0.3 is 17.9 Å². The Morgan fingerprint density at radius 3 is 0.792 bits per heavy atom. The minimum absolute atomic E-state index is 0.0715. The first-order chi connectivity index (χ1) is 35.5. The quantitative estimate of drug-likeness (QED) is 0.0261. The fourth-order valence-electron chi connectivity index (χ4n) is 9.27. The summed E-state index contributed by atoms with van der Waals surface area (Å²) in [6.07, 6.45) is 75.9. The van der Waals surface area contributed by atoms with Crippen molar-refractivity contribution >= 4 is 17.9 Å². The average Bonchev–Trinajstić information content (AvgIpc) is 3.38. The Morgan fingerprint density at radius 2 is 0.500 bits per heavy atom. The third-order valence-electron chi connectivity index (χ3n) is 14.1. The molecular formula is C66H120O6. The highest BCUT2D eigenvalue weighted by atomic mass is 16.6. The standard InChI is InChI=1S/C66H120O6/c1-4-7-10-13-16-18-20-22-24-26-27-28-29-30-31-32-33-34-35-36-37-38-39-41-42-44-46-48-50-53-56-59-65(68)71-62-63(61-70-64(67)58-55-52-15-12-9-6-3)72-66(69)60-57-54-51-49-47-45-43-40-25-23-21-19-17-14-11-8-5-2/h20,22-23,25-27,29-30,63H,4-19,21,24,28,31-62H2,1-3H3/b22-20-,25-23-,27-26-,30-29-. The monoisotopic (exact) mass is 1010 g/mol. The summed E-state index contributed by atoms with van der Waals surface area (Å²) in [5, 5.41) is 0. The van der Waals surface area contributed by atoms with E-state index in [2.05, 4.69) is 69.4 Å². The highest BCUT2D eigenvalue weighted by Crippen LogP contribution is 2.17. The van der Waals surface area contributed by atoms with Gasteiger partial charge < -0.3 is 14.2 Å². The van der Waals surface area contributed by atoms with Crippen LogP contribution in [0.3, 0.4) is 0 Å². The van der Waals surface area contributed by atoms with Crippen molar-refractivity contribution in [1.29, 1.82) is 0 Å². The Labute approximate surface area is 448 Å². The third-order valence-corrected chi connectivity index (χ3v) is 14.1. The van der Waals surface area contributed by atoms with Crippen LogP contribution >= 0.6 is 0 Å². The van der Waals surface area contributed by atoms with E-state index >= 15 is 0 Å². The largest absolute Gasteiger partial charge is 0.462 e. The molecule has 6 heteroatoms. The smallest absolute Gasteiger partial charge is 0.306 e. The summed E-state index contributed by atoms with van der Waals surface area (Å²) < 4.78 is 16.8. The van der Waals surface area contributed by atoms with Crippen molar-refractivity contribution in [3.63, 3.8) is 0 Å². The van der Waals surface area contributed by atoms with Crippen LogP contribution < -0.4 is 0 Å². The summed E-state index contributed by atoms with van der Waals surface area (Å²) in [6.45, 7) is 6.60. The lowest BCUT2D eigenvalue weighted by molar-refractivity contribution is -0.167. The van der Waals surface area contributed by atoms with E-state index in [1.807, 2.05) is 0 Å². The van der Waals surface area contributed by atoms with Gasteiger partial charge in [-0.1, -0.05) is 281 Å². The molecule has 0 bridgehead atoms. The molecule has 0 aromatic heterocycles. The first kappa shape index (κ1) is 69.4. The summed E-state index contributed by atoms with van der Waals surface area (Å²) in [5.74, 6) is -0.870. The maximum absolute atomic E-state index is 12.8. The van der Waals surface area contributed by atoms with E-state index in [-0.39, 0.29) is 31.1 Å². The molecule has 0 aliphatic heterocycles. The summed E-state index contributed by atoms with van der Waals surface area (Å²) in [6, 6.07) is 0. The predicted octanol–water partition coefficient (Wildman–Crippen LogP) is 21.4. The predicted molar refractivity (Wildman–Crippen MR) is 312 cm³/mol. The molecule has 0 rings (SSSR count). The number of carbonyl (C=O) groups is 3. The maximum Gasteiger partial charge on any atom is 0.306 e. The van der Waals surface area contributed by atoms with Crippen LogP contribution in [0.1, 0.15) is 335 Å². The zero-order valence-electron chi connectivity index (χ0n) is 48.2. The maximum atomic E-state index is 12.8. The van der Waals surface area contributed by atoms with E-state index in [0.717, 1.165) is 70.6 Å². The van der Waals surface area contributed by atoms with Gasteiger partial charge in [0.2, 0.25) is 0 Å². The molecule has 420 valence electrons. The molecule has 0 spiro atoms. The van der Waals surface area contributed by atoms with Crippen LogP contribution in [0.25, 0.3) is 0 Å². The van der Waals surface area contributed by atoms with Gasteiger partial charge in [0.25, 0.3) is 0 Å². The van der Waals surface area contributed by atoms with Crippen molar-refractivity contribution in [2.24, 2.45) is 0 Å². The van der Waals surface area contributed by atoms with Gasteiger partial charge in [-0.25, -0.2) is 0 Å². The zero-order chi connectivity index (χ0) is 52.2. The summed E-state index contributed by atoms with van der Waals surface area (Å²) in [5.41, 5.74) is 0. The second-order valence-electron chi connectivity index (χ2n) is 21.3. The second kappa shape index (κ2) is 60.9. The number of hydrogen-bond acceptors (Lipinski definition) is 6. The van der Waals surface area contributed by atoms with Gasteiger partial charge in [-0.05, 0) is 83.5 Å². The molecular weight excluding hydrogens is 889 g/mol. The Balaban J connectivity index is 4.00. The van der Waals surface area contributed by atoms with E-state index in [4.69, 9.17) is 14.2 Å². The summed E-state index contributed by atoms with van der Waals surface area (Å²) in [7, 11) is 0. The van der Waals surface area contributed by atoms with Gasteiger partial charge in [-0.15, -0.1) is 0 Å². The Kier molecular flexibility index (Phi) is 58.7. The molecule has 0 aromatic rings. The van der Waals surface area contributed by atoms with Gasteiger partial charge in [0.05, 0.1) is 0 Å². The number of unbranched alkanes of at least 4 members (excludes halogenated alkanes) is 39. The number of carbonyl (C=O) groups excluding carboxylic acids is 3. The van der Waals surface area contributed by atoms with E-state index in [0.29, 0.717) is 19.3 Å². The molecule has 0 aliphatic rings. The minimum atomic E-state index is -0.770. The van der Waals surface area contributed by atoms with Gasteiger partial charge in [-0.3, -0.25) is 14.4 Å². The van der Waals surface area contributed by atoms with Crippen LogP contribution in [-0.2, 0) is 28.6 Å². The zero-order valence-corrected chi connectivity index (χ0v) is 48.2. The SMILES string of the molecule is CCCCCCC/C=C\C/C=C\C/C=C\CCCCCCCCCCCCCCCCCCC(=O)OCC(COC(=O)CCCCCCCC)OC(=O)CCCCCCCCC/C=C\CCCCCCCC. The van der Waals surface area contributed by atoms with Crippen molar-refractivity contribution in [2.75, 3.05) is 13.2 Å². The van der Waals surface area contributed by atoms with E-state index in [1.54, 1.807) is 0 Å². The Hall–Kier alpha value is -2.63. The van der Waals surface area contributed by atoms with Crippen LogP contribution in [-0.4, -0.2) is 37.2 Å². The van der Waals surface area contributed by atoms with Crippen molar-refractivity contribution in [3.8, 4) is 0 Å². The van der Waals surface area contributed by atoms with Crippen LogP contribution in [0.4, 0.5) is 0 Å². The Morgan fingerprint density at radius 1 is 0.278 bits per heavy atom. The topological polar surface area (TPSA) is 78.9 Å². The number of allylic oxidation sites excluding steroid dienone is 8. The van der Waals surface area contributed by atoms with Gasteiger partial charge in [-0.2, -0.15) is 0 Å². The van der Waals surface area contributed by atoms with E-state index in [1.165, 1.54) is 225 Å². The number of rotatable bonds is 58. The van der Waals surface area contributed by atoms with E-state index in [9.17, 15) is 14.4 Å². The van der Waals surface area contributed by atoms with Gasteiger partial charge in [0, 0.05) is 19.3 Å². The Bertz CT molecular complexity index is 1250. The molecule has 1 unspecified atom stereocenters. The average molecular weight is 1010 g/mol. The van der Waals surface area contributed by atoms with Crippen LogP contribution in [0.15, 0.2) is 48.6 Å². The molecule has 72 heavy (non-hydrogen) atoms. The molecule has 0 radical (unpaired) electrons. The molecule has 1 atom stereocenters. The fraction of sp³-hybridized carbons (Fsp3) is 0.833. The molecule has 0 fully saturated rings. The highest BCUT2D eigenvalue weighted by Gasteiger charge is 2.19. The molecule has 0 amide bonds. The van der Waals surface area contributed by atoms with E-state index < -0.39 is 6.10 Å². The highest BCUT2D eigenvalue weighted by molar-refractivity contribution is 5.71. The van der Waals surface area contributed by atoms with Crippen molar-refractivity contribution < 1.29 is 28.6 Å². The first-order valence-electron chi connectivity index (χ1n) is 31.6. The number of esters is 3. The minimum Gasteiger partial charge on any atom is -0.462 e. The number of ether oxygens (including phenoxy) is 3. The molecule has 0 N–H and O–H groups in total. The van der Waals surface area contributed by atoms with Crippen molar-refractivity contribution in [1.82, 2.24) is 0 Å². The van der Waals surface area contributed by atoms with Crippen LogP contribution in [0.2, 0.25) is 0 Å². The molecule has 6 nitrogen and oxygen atoms in total. The van der Waals surface area contributed by atoms with Gasteiger partial charge in [0.15, 0.2) is 6.10 Å². The molecule has 0 aromatic carbocycles. The normalized spacial score (nSPS) is 12.3.